The zero-order valence-corrected chi connectivity index (χ0v) is 18.1. The summed E-state index contributed by atoms with van der Waals surface area (Å²) in [7, 11) is 2.23. The second-order valence-electron chi connectivity index (χ2n) is 7.74. The molecule has 0 fully saturated rings. The fraction of sp³-hybridized carbons (Fsp3) is 0.609. The molecular weight excluding hydrogens is 346 g/mol. The summed E-state index contributed by atoms with van der Waals surface area (Å²) >= 11 is 0. The van der Waals surface area contributed by atoms with E-state index in [4.69, 9.17) is 0 Å². The summed E-state index contributed by atoms with van der Waals surface area (Å²) in [4.78, 5) is 12.4. The summed E-state index contributed by atoms with van der Waals surface area (Å²) in [6.07, 6.45) is 8.67. The minimum absolute atomic E-state index is 0.770. The van der Waals surface area contributed by atoms with Gasteiger partial charge in [0.25, 0.3) is 0 Å². The number of rotatable bonds is 15. The molecule has 2 aromatic rings. The van der Waals surface area contributed by atoms with Crippen molar-refractivity contribution in [1.29, 1.82) is 0 Å². The number of benzene rings is 1. The lowest BCUT2D eigenvalue weighted by Crippen LogP contribution is -2.26. The maximum Gasteiger partial charge on any atom is 0.120 e. The van der Waals surface area contributed by atoms with Crippen molar-refractivity contribution in [2.24, 2.45) is 0 Å². The van der Waals surface area contributed by atoms with Crippen molar-refractivity contribution in [3.05, 3.63) is 53.6 Å². The van der Waals surface area contributed by atoms with E-state index in [0.29, 0.717) is 0 Å². The first kappa shape index (κ1) is 22.6. The molecule has 0 saturated heterocycles. The number of hydrogen-bond acceptors (Lipinski definition) is 4. The number of imidazole rings is 1. The number of nitrogens with one attached hydrogen (secondary N) is 2. The molecule has 1 heterocycles. The zero-order chi connectivity index (χ0) is 20.0. The Balaban J connectivity index is 1.70. The van der Waals surface area contributed by atoms with Gasteiger partial charge in [-0.2, -0.15) is 0 Å². The Morgan fingerprint density at radius 3 is 2.29 bits per heavy atom. The van der Waals surface area contributed by atoms with Gasteiger partial charge in [0.1, 0.15) is 5.82 Å². The van der Waals surface area contributed by atoms with Gasteiger partial charge in [0.05, 0.1) is 6.54 Å². The van der Waals surface area contributed by atoms with Crippen LogP contribution in [-0.2, 0) is 19.6 Å². The van der Waals surface area contributed by atoms with Gasteiger partial charge in [-0.1, -0.05) is 38.1 Å². The Bertz CT molecular complexity index is 608. The molecule has 2 N–H and O–H groups in total. The molecule has 5 heteroatoms. The molecule has 0 aliphatic heterocycles. The van der Waals surface area contributed by atoms with E-state index in [1.807, 2.05) is 6.20 Å². The third-order valence-electron chi connectivity index (χ3n) is 5.01. The Morgan fingerprint density at radius 2 is 1.61 bits per heavy atom. The summed E-state index contributed by atoms with van der Waals surface area (Å²) in [5.74, 6) is 0.979. The maximum absolute atomic E-state index is 4.23. The van der Waals surface area contributed by atoms with E-state index in [-0.39, 0.29) is 0 Å². The van der Waals surface area contributed by atoms with Crippen LogP contribution in [0.15, 0.2) is 36.7 Å². The molecule has 0 saturated carbocycles. The molecule has 0 radical (unpaired) electrons. The molecule has 0 amide bonds. The predicted octanol–water partition coefficient (Wildman–Crippen LogP) is 4.03. The van der Waals surface area contributed by atoms with Gasteiger partial charge in [-0.15, -0.1) is 0 Å². The Labute approximate surface area is 171 Å². The van der Waals surface area contributed by atoms with Gasteiger partial charge < -0.3 is 15.2 Å². The van der Waals surface area contributed by atoms with Crippen LogP contribution in [-0.4, -0.2) is 53.0 Å². The molecule has 1 aromatic heterocycles. The number of hydrogen-bond donors (Lipinski definition) is 2. The van der Waals surface area contributed by atoms with Crippen molar-refractivity contribution in [3.63, 3.8) is 0 Å². The Hall–Kier alpha value is -1.69. The first-order valence-electron chi connectivity index (χ1n) is 10.9. The summed E-state index contributed by atoms with van der Waals surface area (Å²) < 4.78 is 0. The summed E-state index contributed by atoms with van der Waals surface area (Å²) in [6, 6.07) is 9.05. The summed E-state index contributed by atoms with van der Waals surface area (Å²) in [6.45, 7) is 12.0. The Morgan fingerprint density at radius 1 is 0.893 bits per heavy atom. The highest BCUT2D eigenvalue weighted by Gasteiger charge is 2.06. The minimum atomic E-state index is 0.770. The van der Waals surface area contributed by atoms with Gasteiger partial charge in [-0.25, -0.2) is 4.98 Å². The molecule has 0 spiro atoms. The number of nitrogens with zero attached hydrogens (tertiary/aromatic N) is 3. The van der Waals surface area contributed by atoms with Crippen molar-refractivity contribution in [1.82, 2.24) is 25.1 Å². The average molecular weight is 386 g/mol. The van der Waals surface area contributed by atoms with Crippen LogP contribution in [0, 0.1) is 0 Å². The molecular formula is C23H39N5. The monoisotopic (exact) mass is 385 g/mol. The van der Waals surface area contributed by atoms with Crippen LogP contribution < -0.4 is 5.32 Å². The number of aromatic nitrogens is 2. The average Bonchev–Trinajstić information content (AvgIpc) is 3.20. The van der Waals surface area contributed by atoms with Gasteiger partial charge in [0.15, 0.2) is 0 Å². The van der Waals surface area contributed by atoms with Crippen molar-refractivity contribution >= 4 is 0 Å². The standard InChI is InChI=1S/C23H39N5/c1-4-14-27(3)16-6-7-17-28(15-5-2)20-22-10-8-21(9-11-22)18-24-19-23-25-12-13-26-23/h8-13,24H,4-7,14-20H2,1-3H3,(H,25,26). The van der Waals surface area contributed by atoms with Gasteiger partial charge in [-0.05, 0) is 70.0 Å². The summed E-state index contributed by atoms with van der Waals surface area (Å²) in [5, 5.41) is 3.43. The lowest BCUT2D eigenvalue weighted by molar-refractivity contribution is 0.249. The van der Waals surface area contributed by atoms with Gasteiger partial charge in [-0.3, -0.25) is 4.90 Å². The molecule has 5 nitrogen and oxygen atoms in total. The molecule has 2 rings (SSSR count). The quantitative estimate of drug-likeness (QED) is 0.454. The highest BCUT2D eigenvalue weighted by molar-refractivity contribution is 5.22. The van der Waals surface area contributed by atoms with E-state index in [9.17, 15) is 0 Å². The van der Waals surface area contributed by atoms with Crippen molar-refractivity contribution in [2.75, 3.05) is 33.2 Å². The van der Waals surface area contributed by atoms with Crippen molar-refractivity contribution in [2.45, 2.75) is 59.2 Å². The fourth-order valence-corrected chi connectivity index (χ4v) is 3.54. The number of H-pyrrole nitrogens is 1. The second-order valence-corrected chi connectivity index (χ2v) is 7.74. The Kier molecular flexibility index (Phi) is 10.9. The van der Waals surface area contributed by atoms with Crippen LogP contribution in [0.4, 0.5) is 0 Å². The third kappa shape index (κ3) is 9.00. The SMILES string of the molecule is CCCN(C)CCCCN(CCC)Cc1ccc(CNCc2ncc[nH]2)cc1. The molecule has 0 unspecified atom stereocenters. The van der Waals surface area contributed by atoms with Crippen LogP contribution in [0.1, 0.15) is 56.5 Å². The van der Waals surface area contributed by atoms with E-state index in [2.05, 4.69) is 70.2 Å². The highest BCUT2D eigenvalue weighted by atomic mass is 15.1. The first-order valence-corrected chi connectivity index (χ1v) is 10.9. The van der Waals surface area contributed by atoms with Crippen LogP contribution in [0.3, 0.4) is 0 Å². The van der Waals surface area contributed by atoms with Gasteiger partial charge >= 0.3 is 0 Å². The lowest BCUT2D eigenvalue weighted by Gasteiger charge is -2.23. The van der Waals surface area contributed by atoms with E-state index < -0.39 is 0 Å². The normalized spacial score (nSPS) is 11.6. The highest BCUT2D eigenvalue weighted by Crippen LogP contribution is 2.10. The van der Waals surface area contributed by atoms with Crippen molar-refractivity contribution in [3.8, 4) is 0 Å². The van der Waals surface area contributed by atoms with E-state index in [0.717, 1.165) is 25.5 Å². The summed E-state index contributed by atoms with van der Waals surface area (Å²) in [5.41, 5.74) is 2.72. The largest absolute Gasteiger partial charge is 0.348 e. The van der Waals surface area contributed by atoms with Crippen LogP contribution >= 0.6 is 0 Å². The molecule has 156 valence electrons. The third-order valence-corrected chi connectivity index (χ3v) is 5.01. The zero-order valence-electron chi connectivity index (χ0n) is 18.1. The van der Waals surface area contributed by atoms with E-state index >= 15 is 0 Å². The van der Waals surface area contributed by atoms with Crippen LogP contribution in [0.5, 0.6) is 0 Å². The molecule has 0 bridgehead atoms. The van der Waals surface area contributed by atoms with Gasteiger partial charge in [0.2, 0.25) is 0 Å². The fourth-order valence-electron chi connectivity index (χ4n) is 3.54. The topological polar surface area (TPSA) is 47.2 Å². The molecule has 0 aliphatic rings. The molecule has 0 aliphatic carbocycles. The molecule has 1 aromatic carbocycles. The van der Waals surface area contributed by atoms with E-state index in [1.54, 1.807) is 6.20 Å². The van der Waals surface area contributed by atoms with Gasteiger partial charge in [0, 0.05) is 25.5 Å². The van der Waals surface area contributed by atoms with Crippen LogP contribution in [0.2, 0.25) is 0 Å². The number of unbranched alkanes of at least 4 members (excludes halogenated alkanes) is 1. The van der Waals surface area contributed by atoms with Crippen molar-refractivity contribution < 1.29 is 0 Å². The van der Waals surface area contributed by atoms with Crippen LogP contribution in [0.25, 0.3) is 0 Å². The maximum atomic E-state index is 4.23. The van der Waals surface area contributed by atoms with E-state index in [1.165, 1.54) is 63.0 Å². The predicted molar refractivity (Wildman–Crippen MR) is 118 cm³/mol. The smallest absolute Gasteiger partial charge is 0.120 e. The molecule has 0 atom stereocenters. The second kappa shape index (κ2) is 13.5. The minimum Gasteiger partial charge on any atom is -0.348 e. The number of aromatic amines is 1. The lowest BCUT2D eigenvalue weighted by atomic mass is 10.1. The first-order chi connectivity index (χ1) is 13.7. The molecule has 28 heavy (non-hydrogen) atoms.